The average Bonchev–Trinajstić information content (AvgIpc) is 2.75. The van der Waals surface area contributed by atoms with E-state index >= 15 is 0 Å². The van der Waals surface area contributed by atoms with Gasteiger partial charge in [0.25, 0.3) is 0 Å². The fourth-order valence-electron chi connectivity index (χ4n) is 2.14. The molecular formula is C13H22N4. The molecule has 0 aliphatic carbocycles. The van der Waals surface area contributed by atoms with Crippen LogP contribution in [0.5, 0.6) is 0 Å². The Kier molecular flexibility index (Phi) is 3.62. The van der Waals surface area contributed by atoms with Crippen molar-refractivity contribution in [2.24, 2.45) is 5.92 Å². The third-order valence-electron chi connectivity index (χ3n) is 3.12. The van der Waals surface area contributed by atoms with Gasteiger partial charge in [-0.3, -0.25) is 0 Å². The zero-order chi connectivity index (χ0) is 12.3. The number of nitrogens with one attached hydrogen (secondary N) is 1. The lowest BCUT2D eigenvalue weighted by Crippen LogP contribution is -2.39. The molecule has 4 heteroatoms. The van der Waals surface area contributed by atoms with Crippen LogP contribution in [0.4, 0.5) is 5.69 Å². The Morgan fingerprint density at radius 3 is 2.71 bits per heavy atom. The molecule has 2 rings (SSSR count). The molecule has 0 saturated carbocycles. The van der Waals surface area contributed by atoms with Crippen molar-refractivity contribution in [3.63, 3.8) is 0 Å². The first-order valence-electron chi connectivity index (χ1n) is 6.29. The Morgan fingerprint density at radius 2 is 2.06 bits per heavy atom. The molecule has 2 heterocycles. The van der Waals surface area contributed by atoms with Gasteiger partial charge in [-0.25, -0.2) is 9.97 Å². The van der Waals surface area contributed by atoms with Crippen LogP contribution in [0.25, 0.3) is 0 Å². The highest BCUT2D eigenvalue weighted by atomic mass is 15.2. The molecule has 1 N–H and O–H groups in total. The van der Waals surface area contributed by atoms with Gasteiger partial charge in [-0.1, -0.05) is 0 Å². The Morgan fingerprint density at radius 1 is 1.35 bits per heavy atom. The van der Waals surface area contributed by atoms with Crippen molar-refractivity contribution in [3.8, 4) is 0 Å². The van der Waals surface area contributed by atoms with Crippen LogP contribution >= 0.6 is 0 Å². The maximum Gasteiger partial charge on any atom is 0.115 e. The van der Waals surface area contributed by atoms with E-state index in [2.05, 4.69) is 41.0 Å². The van der Waals surface area contributed by atoms with E-state index in [1.54, 1.807) is 6.33 Å². The molecule has 1 unspecified atom stereocenters. The number of aromatic nitrogens is 2. The second-order valence-corrected chi connectivity index (χ2v) is 5.83. The molecule has 1 aliphatic heterocycles. The minimum Gasteiger partial charge on any atom is -0.369 e. The van der Waals surface area contributed by atoms with Gasteiger partial charge in [-0.15, -0.1) is 0 Å². The van der Waals surface area contributed by atoms with E-state index in [1.165, 1.54) is 6.42 Å². The summed E-state index contributed by atoms with van der Waals surface area (Å²) in [5.74, 6) is 0.731. The van der Waals surface area contributed by atoms with Crippen LogP contribution in [0.3, 0.4) is 0 Å². The Balaban J connectivity index is 1.84. The molecule has 17 heavy (non-hydrogen) atoms. The molecule has 0 amide bonds. The predicted octanol–water partition coefficient (Wildman–Crippen LogP) is 1.69. The van der Waals surface area contributed by atoms with Gasteiger partial charge in [0, 0.05) is 25.2 Å². The fraction of sp³-hybridized carbons (Fsp3) is 0.692. The summed E-state index contributed by atoms with van der Waals surface area (Å²) in [7, 11) is 0. The summed E-state index contributed by atoms with van der Waals surface area (Å²) in [6.45, 7) is 9.95. The van der Waals surface area contributed by atoms with Crippen molar-refractivity contribution < 1.29 is 0 Å². The number of rotatable bonds is 3. The van der Waals surface area contributed by atoms with Crippen LogP contribution in [0, 0.1) is 5.92 Å². The third-order valence-corrected chi connectivity index (χ3v) is 3.12. The molecule has 1 aliphatic rings. The summed E-state index contributed by atoms with van der Waals surface area (Å²) in [5.41, 5.74) is 1.36. The van der Waals surface area contributed by atoms with Crippen LogP contribution in [-0.2, 0) is 0 Å². The Bertz CT molecular complexity index is 344. The molecule has 94 valence electrons. The van der Waals surface area contributed by atoms with Crippen molar-refractivity contribution in [1.29, 1.82) is 0 Å². The van der Waals surface area contributed by atoms with Crippen LogP contribution < -0.4 is 10.2 Å². The van der Waals surface area contributed by atoms with E-state index in [0.29, 0.717) is 0 Å². The summed E-state index contributed by atoms with van der Waals surface area (Å²) in [6.07, 6.45) is 6.62. The van der Waals surface area contributed by atoms with Gasteiger partial charge in [-0.05, 0) is 33.1 Å². The number of anilines is 1. The molecule has 1 aromatic heterocycles. The SMILES string of the molecule is CC(C)(C)NCC1CCN(c2cncnc2)C1. The molecular weight excluding hydrogens is 212 g/mol. The molecule has 1 aromatic rings. The number of nitrogens with zero attached hydrogens (tertiary/aromatic N) is 3. The van der Waals surface area contributed by atoms with Crippen molar-refractivity contribution in [1.82, 2.24) is 15.3 Å². The van der Waals surface area contributed by atoms with Gasteiger partial charge in [0.1, 0.15) is 6.33 Å². The van der Waals surface area contributed by atoms with Crippen molar-refractivity contribution in [3.05, 3.63) is 18.7 Å². The molecule has 0 bridgehead atoms. The average molecular weight is 234 g/mol. The van der Waals surface area contributed by atoms with E-state index in [9.17, 15) is 0 Å². The largest absolute Gasteiger partial charge is 0.369 e. The van der Waals surface area contributed by atoms with Crippen molar-refractivity contribution in [2.75, 3.05) is 24.5 Å². The maximum absolute atomic E-state index is 4.07. The van der Waals surface area contributed by atoms with Gasteiger partial charge >= 0.3 is 0 Å². The minimum atomic E-state index is 0.212. The standard InChI is InChI=1S/C13H22N4/c1-13(2,3)16-6-11-4-5-17(9-11)12-7-14-10-15-8-12/h7-8,10-11,16H,4-6,9H2,1-3H3. The normalized spacial score (nSPS) is 20.9. The number of hydrogen-bond donors (Lipinski definition) is 1. The highest BCUT2D eigenvalue weighted by Gasteiger charge is 2.24. The third kappa shape index (κ3) is 3.66. The summed E-state index contributed by atoms with van der Waals surface area (Å²) in [5, 5.41) is 3.58. The summed E-state index contributed by atoms with van der Waals surface area (Å²) in [4.78, 5) is 10.5. The summed E-state index contributed by atoms with van der Waals surface area (Å²) >= 11 is 0. The van der Waals surface area contributed by atoms with Crippen molar-refractivity contribution >= 4 is 5.69 Å². The first-order chi connectivity index (χ1) is 8.04. The summed E-state index contributed by atoms with van der Waals surface area (Å²) in [6, 6.07) is 0. The van der Waals surface area contributed by atoms with E-state index in [-0.39, 0.29) is 5.54 Å². The highest BCUT2D eigenvalue weighted by Crippen LogP contribution is 2.22. The molecule has 0 aromatic carbocycles. The van der Waals surface area contributed by atoms with E-state index in [4.69, 9.17) is 0 Å². The molecule has 0 radical (unpaired) electrons. The minimum absolute atomic E-state index is 0.212. The maximum atomic E-state index is 4.07. The first kappa shape index (κ1) is 12.3. The second-order valence-electron chi connectivity index (χ2n) is 5.83. The van der Waals surface area contributed by atoms with Crippen LogP contribution in [0.15, 0.2) is 18.7 Å². The van der Waals surface area contributed by atoms with E-state index in [0.717, 1.165) is 31.2 Å². The van der Waals surface area contributed by atoms with Gasteiger partial charge < -0.3 is 10.2 Å². The lowest BCUT2D eigenvalue weighted by atomic mass is 10.1. The van der Waals surface area contributed by atoms with Gasteiger partial charge in [0.05, 0.1) is 18.1 Å². The van der Waals surface area contributed by atoms with Crippen LogP contribution in [-0.4, -0.2) is 35.1 Å². The first-order valence-corrected chi connectivity index (χ1v) is 6.29. The van der Waals surface area contributed by atoms with E-state index < -0.39 is 0 Å². The second kappa shape index (κ2) is 5.00. The molecule has 1 saturated heterocycles. The van der Waals surface area contributed by atoms with Gasteiger partial charge in [0.2, 0.25) is 0 Å². The fourth-order valence-corrected chi connectivity index (χ4v) is 2.14. The van der Waals surface area contributed by atoms with Gasteiger partial charge in [-0.2, -0.15) is 0 Å². The molecule has 4 nitrogen and oxygen atoms in total. The molecule has 1 fully saturated rings. The van der Waals surface area contributed by atoms with Crippen molar-refractivity contribution in [2.45, 2.75) is 32.7 Å². The zero-order valence-corrected chi connectivity index (χ0v) is 11.0. The lowest BCUT2D eigenvalue weighted by molar-refractivity contribution is 0.383. The predicted molar refractivity (Wildman–Crippen MR) is 70.1 cm³/mol. The molecule has 1 atom stereocenters. The zero-order valence-electron chi connectivity index (χ0n) is 11.0. The lowest BCUT2D eigenvalue weighted by Gasteiger charge is -2.23. The number of hydrogen-bond acceptors (Lipinski definition) is 4. The van der Waals surface area contributed by atoms with E-state index in [1.807, 2.05) is 12.4 Å². The topological polar surface area (TPSA) is 41.0 Å². The molecule has 0 spiro atoms. The van der Waals surface area contributed by atoms with Crippen LogP contribution in [0.2, 0.25) is 0 Å². The quantitative estimate of drug-likeness (QED) is 0.864. The van der Waals surface area contributed by atoms with Crippen LogP contribution in [0.1, 0.15) is 27.2 Å². The smallest absolute Gasteiger partial charge is 0.115 e. The Hall–Kier alpha value is -1.16. The monoisotopic (exact) mass is 234 g/mol. The van der Waals surface area contributed by atoms with Gasteiger partial charge in [0.15, 0.2) is 0 Å². The highest BCUT2D eigenvalue weighted by molar-refractivity contribution is 5.42. The summed E-state index contributed by atoms with van der Waals surface area (Å²) < 4.78 is 0. The Labute approximate surface area is 103 Å².